The maximum atomic E-state index is 9.00. The number of carboxylic acid groups (broad SMARTS) is 1. The zero-order valence-corrected chi connectivity index (χ0v) is 10.8. The van der Waals surface area contributed by atoms with Gasteiger partial charge in [-0.15, -0.1) is 0 Å². The summed E-state index contributed by atoms with van der Waals surface area (Å²) in [6.45, 7) is 1.08. The molecular weight excluding hydrogens is 270 g/mol. The zero-order valence-electron chi connectivity index (χ0n) is 8.53. The summed E-state index contributed by atoms with van der Waals surface area (Å²) in [5.41, 5.74) is 1.02. The van der Waals surface area contributed by atoms with E-state index in [0.717, 1.165) is 12.5 Å². The van der Waals surface area contributed by atoms with E-state index in [4.69, 9.17) is 44.7 Å². The Morgan fingerprint density at radius 3 is 2.06 bits per heavy atom. The molecule has 1 rings (SSSR count). The lowest BCUT2D eigenvalue weighted by molar-refractivity contribution is -0.134. The molecule has 0 aromatic heterocycles. The SMILES string of the molecule is CC(=O)O.ClC(Cl)(Cl)C=Cc1ccccc1. The molecule has 2 nitrogen and oxygen atoms in total. The van der Waals surface area contributed by atoms with E-state index in [1.807, 2.05) is 30.3 Å². The highest BCUT2D eigenvalue weighted by Gasteiger charge is 2.13. The van der Waals surface area contributed by atoms with E-state index in [9.17, 15) is 0 Å². The number of hydrogen-bond donors (Lipinski definition) is 1. The van der Waals surface area contributed by atoms with Crippen LogP contribution in [0.2, 0.25) is 0 Å². The van der Waals surface area contributed by atoms with Crippen molar-refractivity contribution >= 4 is 46.8 Å². The number of benzene rings is 1. The van der Waals surface area contributed by atoms with Gasteiger partial charge in [-0.25, -0.2) is 0 Å². The molecule has 0 aliphatic rings. The minimum Gasteiger partial charge on any atom is -0.481 e. The number of halogens is 3. The van der Waals surface area contributed by atoms with Crippen molar-refractivity contribution < 1.29 is 9.90 Å². The Hall–Kier alpha value is -0.700. The number of hydrogen-bond acceptors (Lipinski definition) is 1. The summed E-state index contributed by atoms with van der Waals surface area (Å²) in [6.07, 6.45) is 3.29. The van der Waals surface area contributed by atoms with Gasteiger partial charge in [-0.3, -0.25) is 4.79 Å². The standard InChI is InChI=1S/C9H7Cl3.C2H4O2/c10-9(11,12)7-6-8-4-2-1-3-5-8;1-2(3)4/h1-7H;1H3,(H,3,4). The molecule has 0 heterocycles. The van der Waals surface area contributed by atoms with Crippen LogP contribution in [0.3, 0.4) is 0 Å². The average molecular weight is 282 g/mol. The van der Waals surface area contributed by atoms with Crippen LogP contribution in [0.1, 0.15) is 12.5 Å². The van der Waals surface area contributed by atoms with Gasteiger partial charge in [0.1, 0.15) is 0 Å². The number of carboxylic acids is 1. The van der Waals surface area contributed by atoms with Gasteiger partial charge >= 0.3 is 0 Å². The van der Waals surface area contributed by atoms with Crippen molar-refractivity contribution in [3.63, 3.8) is 0 Å². The Bertz CT molecular complexity index is 338. The third-order valence-electron chi connectivity index (χ3n) is 1.26. The Balaban J connectivity index is 0.000000487. The maximum absolute atomic E-state index is 9.00. The summed E-state index contributed by atoms with van der Waals surface area (Å²) >= 11 is 16.6. The number of rotatable bonds is 1. The van der Waals surface area contributed by atoms with Crippen molar-refractivity contribution in [1.82, 2.24) is 0 Å². The van der Waals surface area contributed by atoms with Gasteiger partial charge in [-0.1, -0.05) is 71.2 Å². The van der Waals surface area contributed by atoms with Crippen molar-refractivity contribution in [1.29, 1.82) is 0 Å². The molecule has 0 fully saturated rings. The molecule has 0 aliphatic heterocycles. The van der Waals surface area contributed by atoms with E-state index in [1.54, 1.807) is 6.08 Å². The third-order valence-corrected chi connectivity index (χ3v) is 1.64. The Kier molecular flexibility index (Phi) is 7.22. The molecule has 88 valence electrons. The third kappa shape index (κ3) is 11.4. The molecule has 0 saturated heterocycles. The van der Waals surface area contributed by atoms with Crippen LogP contribution in [0.5, 0.6) is 0 Å². The van der Waals surface area contributed by atoms with Crippen molar-refractivity contribution in [2.24, 2.45) is 0 Å². The molecule has 0 atom stereocenters. The quantitative estimate of drug-likeness (QED) is 0.785. The minimum absolute atomic E-state index is 0.833. The van der Waals surface area contributed by atoms with Crippen molar-refractivity contribution in [2.75, 3.05) is 0 Å². The Morgan fingerprint density at radius 1 is 1.25 bits per heavy atom. The van der Waals surface area contributed by atoms with E-state index in [2.05, 4.69) is 0 Å². The van der Waals surface area contributed by atoms with Gasteiger partial charge in [0.25, 0.3) is 5.97 Å². The van der Waals surface area contributed by atoms with Crippen LogP contribution in [0.4, 0.5) is 0 Å². The van der Waals surface area contributed by atoms with Crippen LogP contribution >= 0.6 is 34.8 Å². The molecule has 1 aromatic carbocycles. The number of carbonyl (C=O) groups is 1. The molecule has 0 bridgehead atoms. The monoisotopic (exact) mass is 280 g/mol. The van der Waals surface area contributed by atoms with Crippen LogP contribution < -0.4 is 0 Å². The fourth-order valence-electron chi connectivity index (χ4n) is 0.755. The first-order valence-electron chi connectivity index (χ1n) is 4.32. The second-order valence-corrected chi connectivity index (χ2v) is 5.17. The molecular formula is C11H11Cl3O2. The van der Waals surface area contributed by atoms with E-state index >= 15 is 0 Å². The smallest absolute Gasteiger partial charge is 0.300 e. The van der Waals surface area contributed by atoms with Gasteiger partial charge in [-0.2, -0.15) is 0 Å². The molecule has 1 N–H and O–H groups in total. The van der Waals surface area contributed by atoms with E-state index in [1.165, 1.54) is 6.08 Å². The fourth-order valence-corrected chi connectivity index (χ4v) is 0.944. The highest BCUT2D eigenvalue weighted by atomic mass is 35.6. The van der Waals surface area contributed by atoms with E-state index in [-0.39, 0.29) is 0 Å². The molecule has 0 aliphatic carbocycles. The largest absolute Gasteiger partial charge is 0.481 e. The molecule has 0 spiro atoms. The van der Waals surface area contributed by atoms with Gasteiger partial charge in [0.05, 0.1) is 0 Å². The summed E-state index contributed by atoms with van der Waals surface area (Å²) in [5.74, 6) is -0.833. The van der Waals surface area contributed by atoms with Crippen molar-refractivity contribution in [2.45, 2.75) is 10.7 Å². The summed E-state index contributed by atoms with van der Waals surface area (Å²) in [6, 6.07) is 9.67. The molecule has 0 amide bonds. The van der Waals surface area contributed by atoms with Crippen molar-refractivity contribution in [3.05, 3.63) is 42.0 Å². The number of allylic oxidation sites excluding steroid dienone is 1. The number of aliphatic carboxylic acids is 1. The van der Waals surface area contributed by atoms with Gasteiger partial charge in [-0.05, 0) is 11.6 Å². The van der Waals surface area contributed by atoms with E-state index < -0.39 is 9.76 Å². The molecule has 1 aromatic rings. The summed E-state index contributed by atoms with van der Waals surface area (Å²) in [4.78, 5) is 9.00. The topological polar surface area (TPSA) is 37.3 Å². The summed E-state index contributed by atoms with van der Waals surface area (Å²) < 4.78 is -1.31. The van der Waals surface area contributed by atoms with Crippen LogP contribution in [0, 0.1) is 0 Å². The predicted molar refractivity (Wildman–Crippen MR) is 69.1 cm³/mol. The number of alkyl halides is 3. The maximum Gasteiger partial charge on any atom is 0.300 e. The summed E-state index contributed by atoms with van der Waals surface area (Å²) in [7, 11) is 0. The average Bonchev–Trinajstić information content (AvgIpc) is 2.14. The summed E-state index contributed by atoms with van der Waals surface area (Å²) in [5, 5.41) is 7.42. The van der Waals surface area contributed by atoms with Crippen molar-refractivity contribution in [3.8, 4) is 0 Å². The molecule has 0 saturated carbocycles. The predicted octanol–water partition coefficient (Wildman–Crippen LogP) is 4.16. The lowest BCUT2D eigenvalue weighted by Gasteiger charge is -2.01. The molecule has 0 radical (unpaired) electrons. The first-order valence-corrected chi connectivity index (χ1v) is 5.45. The minimum atomic E-state index is -1.31. The lowest BCUT2D eigenvalue weighted by atomic mass is 10.2. The van der Waals surface area contributed by atoms with Gasteiger partial charge < -0.3 is 5.11 Å². The van der Waals surface area contributed by atoms with Crippen LogP contribution in [0.25, 0.3) is 6.08 Å². The normalized spacial score (nSPS) is 10.8. The Labute approximate surface area is 109 Å². The fraction of sp³-hybridized carbons (Fsp3) is 0.182. The second-order valence-electron chi connectivity index (χ2n) is 2.80. The first kappa shape index (κ1) is 15.3. The molecule has 5 heteroatoms. The van der Waals surface area contributed by atoms with E-state index in [0.29, 0.717) is 0 Å². The van der Waals surface area contributed by atoms with Gasteiger partial charge in [0.2, 0.25) is 3.79 Å². The highest BCUT2D eigenvalue weighted by molar-refractivity contribution is 6.69. The molecule has 16 heavy (non-hydrogen) atoms. The van der Waals surface area contributed by atoms with Crippen LogP contribution in [-0.4, -0.2) is 14.9 Å². The van der Waals surface area contributed by atoms with Gasteiger partial charge in [0, 0.05) is 6.92 Å². The second kappa shape index (κ2) is 7.55. The van der Waals surface area contributed by atoms with Crippen LogP contribution in [-0.2, 0) is 4.79 Å². The van der Waals surface area contributed by atoms with Gasteiger partial charge in [0.15, 0.2) is 0 Å². The van der Waals surface area contributed by atoms with Crippen LogP contribution in [0.15, 0.2) is 36.4 Å². The first-order chi connectivity index (χ1) is 7.31. The lowest BCUT2D eigenvalue weighted by Crippen LogP contribution is -1.93. The Morgan fingerprint density at radius 2 is 1.69 bits per heavy atom. The molecule has 0 unspecified atom stereocenters. The highest BCUT2D eigenvalue weighted by Crippen LogP contribution is 2.28. The zero-order chi connectivity index (χ0) is 12.6.